The Morgan fingerprint density at radius 3 is 3.20 bits per heavy atom. The zero-order chi connectivity index (χ0) is 9.83. The molecule has 1 N–H and O–H groups in total. The van der Waals surface area contributed by atoms with E-state index < -0.39 is 0 Å². The maximum Gasteiger partial charge on any atom is 0.0558 e. The molecule has 1 aromatic rings. The molecular weight excluding hydrogens is 182 g/mol. The number of hydrogen-bond acceptors (Lipinski definition) is 1. The zero-order valence-electron chi connectivity index (χ0n) is 8.59. The third kappa shape index (κ3) is 0.883. The Kier molecular flexibility index (Phi) is 1.31. The predicted octanol–water partition coefficient (Wildman–Crippen LogP) is 3.14. The van der Waals surface area contributed by atoms with Gasteiger partial charge in [-0.25, -0.2) is 0 Å². The van der Waals surface area contributed by atoms with Gasteiger partial charge in [0.05, 0.1) is 6.04 Å². The molecule has 0 saturated heterocycles. The molecule has 1 aliphatic heterocycles. The highest BCUT2D eigenvalue weighted by atomic mass is 15.0. The maximum absolute atomic E-state index is 3.64. The average Bonchev–Trinajstić information content (AvgIpc) is 2.66. The maximum atomic E-state index is 3.64. The van der Waals surface area contributed by atoms with Crippen molar-refractivity contribution in [2.75, 3.05) is 5.32 Å². The third-order valence-electron chi connectivity index (χ3n) is 3.80. The first-order valence-corrected chi connectivity index (χ1v) is 5.72. The van der Waals surface area contributed by atoms with E-state index in [1.54, 1.807) is 11.1 Å². The lowest BCUT2D eigenvalue weighted by atomic mass is 9.81. The molecule has 0 aromatic heterocycles. The molecule has 2 aliphatic carbocycles. The standard InChI is InChI=1S/C14H13N/c1-3-9-7-8-10-4-2-6-12-14(10)13(9)11(5-1)15-12/h1-5,12,15H,6-8H2. The summed E-state index contributed by atoms with van der Waals surface area (Å²) in [6, 6.07) is 7.23. The summed E-state index contributed by atoms with van der Waals surface area (Å²) in [5.41, 5.74) is 7.57. The van der Waals surface area contributed by atoms with Crippen LogP contribution in [0.3, 0.4) is 0 Å². The molecule has 4 rings (SSSR count). The Morgan fingerprint density at radius 1 is 1.20 bits per heavy atom. The highest BCUT2D eigenvalue weighted by Crippen LogP contribution is 2.46. The van der Waals surface area contributed by atoms with Gasteiger partial charge in [0.2, 0.25) is 0 Å². The summed E-state index contributed by atoms with van der Waals surface area (Å²) in [6.07, 6.45) is 8.22. The van der Waals surface area contributed by atoms with Crippen molar-refractivity contribution >= 4 is 11.3 Å². The van der Waals surface area contributed by atoms with E-state index in [-0.39, 0.29) is 0 Å². The molecule has 0 bridgehead atoms. The number of anilines is 1. The minimum atomic E-state index is 0.557. The van der Waals surface area contributed by atoms with Gasteiger partial charge in [0, 0.05) is 11.3 Å². The Bertz CT molecular complexity index is 508. The van der Waals surface area contributed by atoms with Crippen LogP contribution in [0.25, 0.3) is 5.57 Å². The molecule has 3 aliphatic rings. The van der Waals surface area contributed by atoms with Gasteiger partial charge < -0.3 is 5.32 Å². The van der Waals surface area contributed by atoms with Gasteiger partial charge in [0.1, 0.15) is 0 Å². The Balaban J connectivity index is 2.08. The number of benzene rings is 1. The molecule has 1 nitrogen and oxygen atoms in total. The van der Waals surface area contributed by atoms with Gasteiger partial charge in [-0.1, -0.05) is 24.3 Å². The molecule has 1 atom stereocenters. The lowest BCUT2D eigenvalue weighted by Crippen LogP contribution is -2.18. The zero-order valence-corrected chi connectivity index (χ0v) is 8.59. The van der Waals surface area contributed by atoms with E-state index in [0.29, 0.717) is 6.04 Å². The molecule has 0 radical (unpaired) electrons. The normalized spacial score (nSPS) is 25.2. The van der Waals surface area contributed by atoms with E-state index in [2.05, 4.69) is 35.7 Å². The SMILES string of the molecule is C1=CC2=C3c4c(cccc4NC3C1)CC2. The van der Waals surface area contributed by atoms with Gasteiger partial charge in [-0.3, -0.25) is 0 Å². The van der Waals surface area contributed by atoms with Gasteiger partial charge in [0.25, 0.3) is 0 Å². The molecule has 1 heteroatoms. The minimum absolute atomic E-state index is 0.557. The quantitative estimate of drug-likeness (QED) is 0.670. The van der Waals surface area contributed by atoms with E-state index >= 15 is 0 Å². The Hall–Kier alpha value is -1.50. The van der Waals surface area contributed by atoms with Gasteiger partial charge >= 0.3 is 0 Å². The van der Waals surface area contributed by atoms with E-state index in [1.165, 1.54) is 29.7 Å². The molecular formula is C14H13N. The lowest BCUT2D eigenvalue weighted by molar-refractivity contribution is 0.869. The molecule has 1 heterocycles. The fourth-order valence-corrected chi connectivity index (χ4v) is 3.17. The molecule has 1 aromatic carbocycles. The van der Waals surface area contributed by atoms with Crippen LogP contribution < -0.4 is 5.32 Å². The second-order valence-corrected chi connectivity index (χ2v) is 4.61. The molecule has 15 heavy (non-hydrogen) atoms. The topological polar surface area (TPSA) is 12.0 Å². The van der Waals surface area contributed by atoms with Crippen molar-refractivity contribution in [3.05, 3.63) is 47.1 Å². The third-order valence-corrected chi connectivity index (χ3v) is 3.80. The van der Waals surface area contributed by atoms with Crippen molar-refractivity contribution in [2.45, 2.75) is 25.3 Å². The Morgan fingerprint density at radius 2 is 2.20 bits per heavy atom. The van der Waals surface area contributed by atoms with Crippen molar-refractivity contribution in [1.29, 1.82) is 0 Å². The Labute approximate surface area is 89.5 Å². The summed E-state index contributed by atoms with van der Waals surface area (Å²) in [5, 5.41) is 3.64. The second kappa shape index (κ2) is 2.54. The number of allylic oxidation sites excluding steroid dienone is 2. The van der Waals surface area contributed by atoms with Crippen molar-refractivity contribution in [1.82, 2.24) is 0 Å². The lowest BCUT2D eigenvalue weighted by Gasteiger charge is -2.23. The predicted molar refractivity (Wildman–Crippen MR) is 62.9 cm³/mol. The van der Waals surface area contributed by atoms with Crippen molar-refractivity contribution in [3.8, 4) is 0 Å². The summed E-state index contributed by atoms with van der Waals surface area (Å²) in [4.78, 5) is 0. The first-order valence-electron chi connectivity index (χ1n) is 5.72. The monoisotopic (exact) mass is 195 g/mol. The van der Waals surface area contributed by atoms with Crippen molar-refractivity contribution in [2.24, 2.45) is 0 Å². The van der Waals surface area contributed by atoms with Crippen LogP contribution in [0.5, 0.6) is 0 Å². The number of hydrogen-bond donors (Lipinski definition) is 1. The second-order valence-electron chi connectivity index (χ2n) is 4.61. The summed E-state index contributed by atoms with van der Waals surface area (Å²) in [6.45, 7) is 0. The summed E-state index contributed by atoms with van der Waals surface area (Å²) in [7, 11) is 0. The largest absolute Gasteiger partial charge is 0.377 e. The van der Waals surface area contributed by atoms with Crippen LogP contribution in [-0.4, -0.2) is 6.04 Å². The van der Waals surface area contributed by atoms with E-state index in [0.717, 1.165) is 6.42 Å². The minimum Gasteiger partial charge on any atom is -0.377 e. The van der Waals surface area contributed by atoms with Crippen molar-refractivity contribution in [3.63, 3.8) is 0 Å². The summed E-state index contributed by atoms with van der Waals surface area (Å²) in [5.74, 6) is 0. The molecule has 0 amide bonds. The highest BCUT2D eigenvalue weighted by molar-refractivity contribution is 5.92. The van der Waals surface area contributed by atoms with Gasteiger partial charge in [-0.2, -0.15) is 0 Å². The molecule has 0 fully saturated rings. The van der Waals surface area contributed by atoms with Crippen LogP contribution in [-0.2, 0) is 6.42 Å². The van der Waals surface area contributed by atoms with Gasteiger partial charge in [0.15, 0.2) is 0 Å². The van der Waals surface area contributed by atoms with Crippen LogP contribution in [0.4, 0.5) is 5.69 Å². The van der Waals surface area contributed by atoms with Crippen LogP contribution in [0.1, 0.15) is 24.0 Å². The summed E-state index contributed by atoms with van der Waals surface area (Å²) < 4.78 is 0. The fraction of sp³-hybridized carbons (Fsp3) is 0.286. The van der Waals surface area contributed by atoms with Crippen LogP contribution in [0.15, 0.2) is 35.9 Å². The van der Waals surface area contributed by atoms with E-state index in [9.17, 15) is 0 Å². The molecule has 0 saturated carbocycles. The van der Waals surface area contributed by atoms with Crippen molar-refractivity contribution < 1.29 is 0 Å². The smallest absolute Gasteiger partial charge is 0.0558 e. The molecule has 1 unspecified atom stereocenters. The van der Waals surface area contributed by atoms with E-state index in [1.807, 2.05) is 0 Å². The highest BCUT2D eigenvalue weighted by Gasteiger charge is 2.33. The number of aryl methyl sites for hydroxylation is 1. The van der Waals surface area contributed by atoms with Crippen LogP contribution in [0, 0.1) is 0 Å². The number of nitrogens with one attached hydrogen (secondary N) is 1. The van der Waals surface area contributed by atoms with Gasteiger partial charge in [-0.05, 0) is 42.0 Å². The first-order chi connectivity index (χ1) is 7.43. The van der Waals surface area contributed by atoms with Gasteiger partial charge in [-0.15, -0.1) is 0 Å². The van der Waals surface area contributed by atoms with Crippen LogP contribution >= 0.6 is 0 Å². The first kappa shape index (κ1) is 7.75. The summed E-state index contributed by atoms with van der Waals surface area (Å²) >= 11 is 0. The number of rotatable bonds is 0. The fourth-order valence-electron chi connectivity index (χ4n) is 3.17. The van der Waals surface area contributed by atoms with E-state index in [4.69, 9.17) is 0 Å². The van der Waals surface area contributed by atoms with Crippen LogP contribution in [0.2, 0.25) is 0 Å². The average molecular weight is 195 g/mol. The molecule has 0 spiro atoms. The molecule has 74 valence electrons.